The average molecular weight is 591 g/mol. The van der Waals surface area contributed by atoms with Crippen molar-refractivity contribution in [3.05, 3.63) is 72.1 Å². The molecule has 9 heteroatoms. The molecule has 0 radical (unpaired) electrons. The Morgan fingerprint density at radius 2 is 1.93 bits per heavy atom. The number of hydrogen-bond donors (Lipinski definition) is 1. The van der Waals surface area contributed by atoms with E-state index in [1.54, 1.807) is 17.0 Å². The molecule has 6 rings (SSSR count). The van der Waals surface area contributed by atoms with Crippen molar-refractivity contribution in [2.75, 3.05) is 6.54 Å². The maximum absolute atomic E-state index is 14.2. The quantitative estimate of drug-likeness (QED) is 0.355. The molecule has 2 aliphatic heterocycles. The normalized spacial score (nSPS) is 29.3. The summed E-state index contributed by atoms with van der Waals surface area (Å²) in [4.78, 5) is 46.7. The van der Waals surface area contributed by atoms with Crippen molar-refractivity contribution in [3.63, 3.8) is 0 Å². The fourth-order valence-electron chi connectivity index (χ4n) is 6.56. The molecule has 1 saturated carbocycles. The van der Waals surface area contributed by atoms with E-state index in [0.717, 1.165) is 41.5 Å². The highest BCUT2D eigenvalue weighted by Gasteiger charge is 2.61. The molecule has 3 heterocycles. The first-order chi connectivity index (χ1) is 20.3. The predicted molar refractivity (Wildman–Crippen MR) is 158 cm³/mol. The molecule has 42 heavy (non-hydrogen) atoms. The van der Waals surface area contributed by atoms with Crippen LogP contribution in [0.15, 0.2) is 60.7 Å². The zero-order valence-electron chi connectivity index (χ0n) is 23.4. The van der Waals surface area contributed by atoms with Crippen molar-refractivity contribution >= 4 is 39.2 Å². The Morgan fingerprint density at radius 3 is 2.71 bits per heavy atom. The van der Waals surface area contributed by atoms with Crippen molar-refractivity contribution in [2.24, 2.45) is 17.3 Å². The molecule has 7 nitrogen and oxygen atoms in total. The number of ketones is 1. The lowest BCUT2D eigenvalue weighted by Gasteiger charge is -2.29. The van der Waals surface area contributed by atoms with Gasteiger partial charge in [0.05, 0.1) is 28.2 Å². The van der Waals surface area contributed by atoms with Crippen LogP contribution in [0.4, 0.5) is 4.39 Å². The van der Waals surface area contributed by atoms with Gasteiger partial charge in [-0.1, -0.05) is 60.6 Å². The van der Waals surface area contributed by atoms with Crippen LogP contribution in [0.1, 0.15) is 56.9 Å². The minimum atomic E-state index is -1.11. The molecule has 0 spiro atoms. The van der Waals surface area contributed by atoms with E-state index < -0.39 is 23.5 Å². The number of aromatic nitrogens is 1. The Kier molecular flexibility index (Phi) is 8.12. The number of ether oxygens (including phenoxy) is 1. The van der Waals surface area contributed by atoms with Crippen LogP contribution in [0, 0.1) is 23.1 Å². The van der Waals surface area contributed by atoms with Gasteiger partial charge in [0.25, 0.3) is 5.19 Å². The standard InChI is InChI=1S/C33H35FN2O5S/c34-24-14-12-21(13-15-24)16-22-8-4-2-1-3-5-9-23-18-33(23,31(39)40)19-28(37)27-17-25(20-36(27)30(22)38)41-32-35-26-10-6-7-11-29(26)42-32/h5-7,9-15,22-23,25,27H,1-4,8,16-20H2,(H,39,40)/b9-5-/t22-,23-,25-,27+,33-/m1/s1. The molecule has 5 atom stereocenters. The molecule has 1 amide bonds. The van der Waals surface area contributed by atoms with Gasteiger partial charge in [-0.15, -0.1) is 0 Å². The number of aliphatic carboxylic acids is 1. The molecule has 1 aromatic heterocycles. The third-order valence-corrected chi connectivity index (χ3v) is 9.97. The van der Waals surface area contributed by atoms with Crippen LogP contribution < -0.4 is 4.74 Å². The van der Waals surface area contributed by atoms with Crippen molar-refractivity contribution in [1.29, 1.82) is 0 Å². The second-order valence-electron chi connectivity index (χ2n) is 11.9. The van der Waals surface area contributed by atoms with Crippen LogP contribution >= 0.6 is 11.3 Å². The summed E-state index contributed by atoms with van der Waals surface area (Å²) in [5.41, 5.74) is 0.584. The van der Waals surface area contributed by atoms with Gasteiger partial charge in [-0.05, 0) is 67.9 Å². The van der Waals surface area contributed by atoms with Gasteiger partial charge in [0, 0.05) is 18.8 Å². The second kappa shape index (κ2) is 12.0. The third kappa shape index (κ3) is 5.98. The average Bonchev–Trinajstić information content (AvgIpc) is 3.29. The van der Waals surface area contributed by atoms with Crippen molar-refractivity contribution in [1.82, 2.24) is 9.88 Å². The molecule has 2 fully saturated rings. The topological polar surface area (TPSA) is 96.8 Å². The Hall–Kier alpha value is -3.59. The number of rotatable bonds is 5. The predicted octanol–water partition coefficient (Wildman–Crippen LogP) is 6.21. The highest BCUT2D eigenvalue weighted by atomic mass is 32.1. The highest BCUT2D eigenvalue weighted by molar-refractivity contribution is 7.20. The summed E-state index contributed by atoms with van der Waals surface area (Å²) in [6.45, 7) is 0.231. The number of carboxylic acids is 1. The van der Waals surface area contributed by atoms with E-state index >= 15 is 0 Å². The number of benzene rings is 2. The van der Waals surface area contributed by atoms with E-state index in [0.29, 0.717) is 30.9 Å². The first-order valence-corrected chi connectivity index (χ1v) is 15.6. The van der Waals surface area contributed by atoms with Gasteiger partial charge in [0.1, 0.15) is 11.9 Å². The minimum Gasteiger partial charge on any atom is -0.481 e. The molecule has 3 aromatic rings. The maximum Gasteiger partial charge on any atom is 0.310 e. The van der Waals surface area contributed by atoms with Gasteiger partial charge in [0.15, 0.2) is 5.78 Å². The molecule has 1 N–H and O–H groups in total. The Bertz CT molecular complexity index is 1470. The van der Waals surface area contributed by atoms with E-state index in [-0.39, 0.29) is 42.3 Å². The van der Waals surface area contributed by atoms with Crippen LogP contribution in [-0.4, -0.2) is 51.3 Å². The molecule has 0 unspecified atom stereocenters. The van der Waals surface area contributed by atoms with E-state index in [2.05, 4.69) is 4.98 Å². The number of halogens is 1. The minimum absolute atomic E-state index is 0.109. The number of thiazole rings is 1. The number of amides is 1. The highest BCUT2D eigenvalue weighted by Crippen LogP contribution is 2.57. The summed E-state index contributed by atoms with van der Waals surface area (Å²) in [6, 6.07) is 13.2. The summed E-state index contributed by atoms with van der Waals surface area (Å²) in [7, 11) is 0. The molecule has 3 aliphatic rings. The second-order valence-corrected chi connectivity index (χ2v) is 12.9. The van der Waals surface area contributed by atoms with Crippen LogP contribution in [-0.2, 0) is 20.8 Å². The summed E-state index contributed by atoms with van der Waals surface area (Å²) in [6.07, 6.45) is 8.88. The zero-order valence-corrected chi connectivity index (χ0v) is 24.2. The van der Waals surface area contributed by atoms with Crippen molar-refractivity contribution in [3.8, 4) is 5.19 Å². The lowest BCUT2D eigenvalue weighted by Crippen LogP contribution is -2.45. The van der Waals surface area contributed by atoms with Crippen molar-refractivity contribution in [2.45, 2.75) is 69.9 Å². The number of para-hydroxylation sites is 1. The lowest BCUT2D eigenvalue weighted by molar-refractivity contribution is -0.147. The smallest absolute Gasteiger partial charge is 0.310 e. The fraction of sp³-hybridized carbons (Fsp3) is 0.455. The number of carbonyl (C=O) groups excluding carboxylic acids is 2. The summed E-state index contributed by atoms with van der Waals surface area (Å²) in [5.74, 6) is -2.19. The molecule has 1 aliphatic carbocycles. The summed E-state index contributed by atoms with van der Waals surface area (Å²) in [5, 5.41) is 10.6. The summed E-state index contributed by atoms with van der Waals surface area (Å²) < 4.78 is 20.9. The number of carbonyl (C=O) groups is 3. The summed E-state index contributed by atoms with van der Waals surface area (Å²) >= 11 is 1.42. The molecule has 220 valence electrons. The molecular formula is C33H35FN2O5S. The van der Waals surface area contributed by atoms with Crippen LogP contribution in [0.25, 0.3) is 10.2 Å². The number of carboxylic acid groups (broad SMARTS) is 1. The number of Topliss-reactive ketones (excluding diaryl/α,β-unsaturated/α-hetero) is 1. The van der Waals surface area contributed by atoms with E-state index in [9.17, 15) is 23.9 Å². The van der Waals surface area contributed by atoms with Gasteiger partial charge < -0.3 is 14.7 Å². The van der Waals surface area contributed by atoms with E-state index in [1.165, 1.54) is 23.5 Å². The van der Waals surface area contributed by atoms with E-state index in [4.69, 9.17) is 4.74 Å². The van der Waals surface area contributed by atoms with Crippen LogP contribution in [0.2, 0.25) is 0 Å². The van der Waals surface area contributed by atoms with Gasteiger partial charge in [-0.3, -0.25) is 14.4 Å². The third-order valence-electron chi connectivity index (χ3n) is 9.04. The number of fused-ring (bicyclic) bond motifs is 3. The maximum atomic E-state index is 14.2. The van der Waals surface area contributed by atoms with Crippen LogP contribution in [0.3, 0.4) is 0 Å². The Labute approximate surface area is 248 Å². The SMILES string of the molecule is O=C1C[C@]2(C(=O)O)C[C@H]2/C=C\CCCCC[C@H](Cc2ccc(F)cc2)C(=O)N2C[C@H](Oc3nc4ccccc4s3)C[C@@H]12. The number of hydrogen-bond acceptors (Lipinski definition) is 6. The fourth-order valence-corrected chi connectivity index (χ4v) is 7.44. The number of nitrogens with zero attached hydrogens (tertiary/aromatic N) is 2. The van der Waals surface area contributed by atoms with Crippen LogP contribution in [0.5, 0.6) is 5.19 Å². The number of allylic oxidation sites excluding steroid dienone is 2. The Morgan fingerprint density at radius 1 is 1.12 bits per heavy atom. The van der Waals surface area contributed by atoms with Gasteiger partial charge in [-0.2, -0.15) is 0 Å². The molecule has 1 saturated heterocycles. The molecule has 0 bridgehead atoms. The lowest BCUT2D eigenvalue weighted by atomic mass is 9.90. The zero-order chi connectivity index (χ0) is 29.3. The van der Waals surface area contributed by atoms with E-state index in [1.807, 2.05) is 36.4 Å². The van der Waals surface area contributed by atoms with Gasteiger partial charge in [-0.25, -0.2) is 9.37 Å². The molecular weight excluding hydrogens is 555 g/mol. The molecule has 2 aromatic carbocycles. The first kappa shape index (κ1) is 28.5. The Balaban J connectivity index is 1.28. The van der Waals surface area contributed by atoms with Gasteiger partial charge in [0.2, 0.25) is 5.91 Å². The van der Waals surface area contributed by atoms with Crippen molar-refractivity contribution < 1.29 is 28.6 Å². The monoisotopic (exact) mass is 590 g/mol. The van der Waals surface area contributed by atoms with Gasteiger partial charge >= 0.3 is 5.97 Å². The first-order valence-electron chi connectivity index (χ1n) is 14.8. The largest absolute Gasteiger partial charge is 0.481 e.